The number of anilines is 1. The summed E-state index contributed by atoms with van der Waals surface area (Å²) in [5, 5.41) is 3.06. The molecule has 1 aliphatic heterocycles. The number of hydrogen-bond acceptors (Lipinski definition) is 5. The van der Waals surface area contributed by atoms with Crippen LogP contribution in [-0.4, -0.2) is 55.1 Å². The second-order valence-corrected chi connectivity index (χ2v) is 7.59. The van der Waals surface area contributed by atoms with Crippen LogP contribution in [0.2, 0.25) is 0 Å². The molecule has 0 aromatic carbocycles. The van der Waals surface area contributed by atoms with Gasteiger partial charge in [-0.3, -0.25) is 0 Å². The van der Waals surface area contributed by atoms with E-state index in [-0.39, 0.29) is 0 Å². The Morgan fingerprint density at radius 2 is 1.74 bits per heavy atom. The summed E-state index contributed by atoms with van der Waals surface area (Å²) in [4.78, 5) is 14.4. The van der Waals surface area contributed by atoms with Gasteiger partial charge in [-0.2, -0.15) is 0 Å². The van der Waals surface area contributed by atoms with Crippen LogP contribution in [0, 0.1) is 0 Å². The van der Waals surface area contributed by atoms with Gasteiger partial charge in [0.25, 0.3) is 0 Å². The van der Waals surface area contributed by atoms with E-state index in [0.29, 0.717) is 6.04 Å². The molecule has 144 valence electrons. The first-order valence-electron chi connectivity index (χ1n) is 9.70. The van der Waals surface area contributed by atoms with Crippen molar-refractivity contribution in [3.05, 3.63) is 47.8 Å². The Morgan fingerprint density at radius 1 is 1.07 bits per heavy atom. The van der Waals surface area contributed by atoms with Crippen molar-refractivity contribution in [1.29, 1.82) is 0 Å². The summed E-state index contributed by atoms with van der Waals surface area (Å²) in [7, 11) is 6.25. The first kappa shape index (κ1) is 19.4. The zero-order valence-electron chi connectivity index (χ0n) is 17.2. The maximum absolute atomic E-state index is 4.87. The molecule has 1 aliphatic rings. The minimum atomic E-state index is 0.682. The molecular formula is C22H31N5. The lowest BCUT2D eigenvalue weighted by Crippen LogP contribution is -2.42. The summed E-state index contributed by atoms with van der Waals surface area (Å²) in [6.45, 7) is 6.30. The van der Waals surface area contributed by atoms with E-state index < -0.39 is 0 Å². The van der Waals surface area contributed by atoms with Gasteiger partial charge in [-0.25, -0.2) is 9.97 Å². The van der Waals surface area contributed by atoms with Crippen LogP contribution in [0.15, 0.2) is 42.1 Å². The minimum absolute atomic E-state index is 0.682. The number of nitrogens with one attached hydrogen (secondary N) is 1. The first-order valence-corrected chi connectivity index (χ1v) is 9.70. The van der Waals surface area contributed by atoms with E-state index in [1.54, 1.807) is 0 Å². The molecule has 0 atom stereocenters. The van der Waals surface area contributed by atoms with Crippen LogP contribution in [0.5, 0.6) is 0 Å². The van der Waals surface area contributed by atoms with Gasteiger partial charge in [0.05, 0.1) is 16.7 Å². The highest BCUT2D eigenvalue weighted by Gasteiger charge is 2.21. The third-order valence-electron chi connectivity index (χ3n) is 5.27. The normalized spacial score (nSPS) is 17.0. The van der Waals surface area contributed by atoms with E-state index >= 15 is 0 Å². The molecule has 0 radical (unpaired) electrons. The molecule has 0 bridgehead atoms. The third-order valence-corrected chi connectivity index (χ3v) is 5.27. The van der Waals surface area contributed by atoms with Gasteiger partial charge in [0.2, 0.25) is 0 Å². The van der Waals surface area contributed by atoms with E-state index in [2.05, 4.69) is 73.4 Å². The van der Waals surface area contributed by atoms with E-state index in [9.17, 15) is 0 Å². The average Bonchev–Trinajstić information content (AvgIpc) is 2.67. The predicted octanol–water partition coefficient (Wildman–Crippen LogP) is 3.69. The van der Waals surface area contributed by atoms with E-state index in [1.807, 2.05) is 13.2 Å². The predicted molar refractivity (Wildman–Crippen MR) is 115 cm³/mol. The number of piperidine rings is 1. The van der Waals surface area contributed by atoms with E-state index in [1.165, 1.54) is 18.4 Å². The molecule has 2 aromatic heterocycles. The summed E-state index contributed by atoms with van der Waals surface area (Å²) in [5.74, 6) is 1.06. The molecule has 3 heterocycles. The Bertz CT molecular complexity index is 845. The van der Waals surface area contributed by atoms with Crippen LogP contribution < -0.4 is 10.2 Å². The number of allylic oxidation sites excluding steroid dienone is 3. The number of nitrogens with zero attached hydrogens (tertiary/aromatic N) is 4. The van der Waals surface area contributed by atoms with Gasteiger partial charge < -0.3 is 15.1 Å². The van der Waals surface area contributed by atoms with Gasteiger partial charge in [0.1, 0.15) is 5.82 Å². The molecule has 27 heavy (non-hydrogen) atoms. The lowest BCUT2D eigenvalue weighted by Gasteiger charge is -2.35. The van der Waals surface area contributed by atoms with Crippen LogP contribution in [0.1, 0.15) is 32.4 Å². The zero-order chi connectivity index (χ0) is 19.4. The molecule has 5 heteroatoms. The average molecular weight is 366 g/mol. The fourth-order valence-electron chi connectivity index (χ4n) is 3.69. The minimum Gasteiger partial charge on any atom is -0.394 e. The van der Waals surface area contributed by atoms with Crippen LogP contribution in [0.25, 0.3) is 16.6 Å². The van der Waals surface area contributed by atoms with Crippen molar-refractivity contribution >= 4 is 22.4 Å². The number of hydrogen-bond donors (Lipinski definition) is 1. The van der Waals surface area contributed by atoms with Crippen LogP contribution in [0.4, 0.5) is 5.82 Å². The Labute approximate surface area is 162 Å². The fourth-order valence-corrected chi connectivity index (χ4v) is 3.69. The summed E-state index contributed by atoms with van der Waals surface area (Å²) >= 11 is 0. The SMILES string of the molecule is CN/C=C(C)/C=C(\C)c1ccc2nc(N3CCC(N(C)C)CC3)ccc2n1. The van der Waals surface area contributed by atoms with Gasteiger partial charge in [0.15, 0.2) is 0 Å². The monoisotopic (exact) mass is 365 g/mol. The zero-order valence-corrected chi connectivity index (χ0v) is 17.2. The Kier molecular flexibility index (Phi) is 6.11. The molecule has 2 aromatic rings. The molecule has 0 aliphatic carbocycles. The molecular weight excluding hydrogens is 334 g/mol. The number of fused-ring (bicyclic) bond motifs is 1. The van der Waals surface area contributed by atoms with Crippen LogP contribution >= 0.6 is 0 Å². The lowest BCUT2D eigenvalue weighted by molar-refractivity contribution is 0.249. The van der Waals surface area contributed by atoms with E-state index in [4.69, 9.17) is 9.97 Å². The van der Waals surface area contributed by atoms with Crippen molar-refractivity contribution in [1.82, 2.24) is 20.2 Å². The van der Waals surface area contributed by atoms with Gasteiger partial charge in [0, 0.05) is 26.2 Å². The fraction of sp³-hybridized carbons (Fsp3) is 0.455. The maximum Gasteiger partial charge on any atom is 0.129 e. The summed E-state index contributed by atoms with van der Waals surface area (Å²) in [6.07, 6.45) is 6.50. The maximum atomic E-state index is 4.87. The van der Waals surface area contributed by atoms with Crippen molar-refractivity contribution in [2.75, 3.05) is 39.1 Å². The summed E-state index contributed by atoms with van der Waals surface area (Å²) in [6, 6.07) is 9.04. The number of pyridine rings is 2. The van der Waals surface area contributed by atoms with Gasteiger partial charge in [-0.05, 0) is 82.4 Å². The quantitative estimate of drug-likeness (QED) is 0.819. The molecule has 0 amide bonds. The molecule has 1 N–H and O–H groups in total. The Balaban J connectivity index is 1.79. The lowest BCUT2D eigenvalue weighted by atomic mass is 10.0. The molecule has 0 saturated carbocycles. The van der Waals surface area contributed by atoms with Crippen molar-refractivity contribution in [2.24, 2.45) is 0 Å². The van der Waals surface area contributed by atoms with Gasteiger partial charge >= 0.3 is 0 Å². The smallest absolute Gasteiger partial charge is 0.129 e. The van der Waals surface area contributed by atoms with Crippen molar-refractivity contribution in [3.8, 4) is 0 Å². The van der Waals surface area contributed by atoms with Gasteiger partial charge in [-0.1, -0.05) is 6.08 Å². The molecule has 5 nitrogen and oxygen atoms in total. The molecule has 0 unspecified atom stereocenters. The van der Waals surface area contributed by atoms with Crippen LogP contribution in [-0.2, 0) is 0 Å². The second-order valence-electron chi connectivity index (χ2n) is 7.59. The van der Waals surface area contributed by atoms with Crippen molar-refractivity contribution in [2.45, 2.75) is 32.7 Å². The van der Waals surface area contributed by atoms with Crippen molar-refractivity contribution in [3.63, 3.8) is 0 Å². The molecule has 0 spiro atoms. The second kappa shape index (κ2) is 8.53. The number of aromatic nitrogens is 2. The molecule has 1 saturated heterocycles. The highest BCUT2D eigenvalue weighted by molar-refractivity contribution is 5.79. The Morgan fingerprint density at radius 3 is 2.41 bits per heavy atom. The molecule has 1 fully saturated rings. The van der Waals surface area contributed by atoms with E-state index in [0.717, 1.165) is 41.2 Å². The first-order chi connectivity index (χ1) is 13.0. The number of rotatable bonds is 5. The van der Waals surface area contributed by atoms with Crippen molar-refractivity contribution < 1.29 is 0 Å². The molecule has 3 rings (SSSR count). The van der Waals surface area contributed by atoms with Crippen LogP contribution in [0.3, 0.4) is 0 Å². The standard InChI is InChI=1S/C22H31N5/c1-16(15-23-3)14-17(2)19-6-7-21-20(24-19)8-9-22(25-21)27-12-10-18(11-13-27)26(4)5/h6-9,14-15,18,23H,10-13H2,1-5H3/b16-15+,17-14+. The third kappa shape index (κ3) is 4.66. The Hall–Kier alpha value is -2.40. The summed E-state index contributed by atoms with van der Waals surface area (Å²) < 4.78 is 0. The summed E-state index contributed by atoms with van der Waals surface area (Å²) in [5.41, 5.74) is 5.22. The largest absolute Gasteiger partial charge is 0.394 e. The highest BCUT2D eigenvalue weighted by Crippen LogP contribution is 2.23. The highest BCUT2D eigenvalue weighted by atomic mass is 15.2. The topological polar surface area (TPSA) is 44.3 Å². The van der Waals surface area contributed by atoms with Gasteiger partial charge in [-0.15, -0.1) is 0 Å².